The molecule has 0 N–H and O–H groups in total. The number of carbonyl (C=O) groups is 2. The predicted octanol–water partition coefficient (Wildman–Crippen LogP) is 3.80. The maximum atomic E-state index is 14.1. The highest BCUT2D eigenvalue weighted by atomic mass is 16.6. The molecule has 3 aromatic carbocycles. The Hall–Kier alpha value is -4.00. The number of fused-ring (bicyclic) bond motifs is 2. The van der Waals surface area contributed by atoms with Crippen molar-refractivity contribution >= 4 is 23.2 Å². The first-order chi connectivity index (χ1) is 15.5. The molecule has 2 heterocycles. The molecule has 0 bridgehead atoms. The Balaban J connectivity index is 1.69. The zero-order chi connectivity index (χ0) is 22.3. The van der Waals surface area contributed by atoms with E-state index in [4.69, 9.17) is 0 Å². The highest BCUT2D eigenvalue weighted by Gasteiger charge is 2.58. The van der Waals surface area contributed by atoms with Crippen molar-refractivity contribution in [3.05, 3.63) is 106 Å². The van der Waals surface area contributed by atoms with E-state index < -0.39 is 22.3 Å². The van der Waals surface area contributed by atoms with Crippen LogP contribution in [0.3, 0.4) is 0 Å². The number of nitrogens with zero attached hydrogens (tertiary/aromatic N) is 3. The van der Waals surface area contributed by atoms with Crippen LogP contribution in [0, 0.1) is 10.1 Å². The van der Waals surface area contributed by atoms with Crippen LogP contribution in [0.2, 0.25) is 0 Å². The third-order valence-corrected chi connectivity index (χ3v) is 6.38. The zero-order valence-corrected chi connectivity index (χ0v) is 17.3. The molecule has 0 fully saturated rings. The molecule has 0 spiro atoms. The number of benzene rings is 3. The third-order valence-electron chi connectivity index (χ3n) is 6.38. The first-order valence-corrected chi connectivity index (χ1v) is 10.5. The molecule has 3 aromatic rings. The lowest BCUT2D eigenvalue weighted by molar-refractivity contribution is -0.481. The Morgan fingerprint density at radius 1 is 0.938 bits per heavy atom. The summed E-state index contributed by atoms with van der Waals surface area (Å²) in [6.07, 6.45) is 0.710. The van der Waals surface area contributed by atoms with Gasteiger partial charge in [-0.1, -0.05) is 54.6 Å². The number of nitro groups is 1. The highest BCUT2D eigenvalue weighted by molar-refractivity contribution is 6.27. The van der Waals surface area contributed by atoms with Gasteiger partial charge in [0.05, 0.1) is 5.69 Å². The summed E-state index contributed by atoms with van der Waals surface area (Å²) in [7, 11) is 0. The van der Waals surface area contributed by atoms with E-state index in [0.29, 0.717) is 23.4 Å². The molecule has 2 aliphatic rings. The SMILES string of the molecule is O=C(c1ccccc1)N1C(=O)[C@](CC[N+](=O)[O-])(N2CCc3ccccc32)c2ccccc21. The minimum Gasteiger partial charge on any atom is -0.353 e. The summed E-state index contributed by atoms with van der Waals surface area (Å²) < 4.78 is 0. The average Bonchev–Trinajstić information content (AvgIpc) is 3.35. The molecule has 0 radical (unpaired) electrons. The van der Waals surface area contributed by atoms with E-state index in [0.717, 1.165) is 17.7 Å². The molecule has 0 saturated carbocycles. The van der Waals surface area contributed by atoms with Crippen molar-refractivity contribution in [3.63, 3.8) is 0 Å². The van der Waals surface area contributed by atoms with Crippen molar-refractivity contribution in [3.8, 4) is 0 Å². The van der Waals surface area contributed by atoms with Gasteiger partial charge in [-0.25, -0.2) is 4.90 Å². The largest absolute Gasteiger partial charge is 0.353 e. The molecule has 160 valence electrons. The Labute approximate surface area is 185 Å². The lowest BCUT2D eigenvalue weighted by Gasteiger charge is -2.38. The van der Waals surface area contributed by atoms with E-state index in [1.165, 1.54) is 4.90 Å². The number of anilines is 2. The van der Waals surface area contributed by atoms with Crippen molar-refractivity contribution in [2.75, 3.05) is 22.9 Å². The summed E-state index contributed by atoms with van der Waals surface area (Å²) in [6, 6.07) is 23.6. The van der Waals surface area contributed by atoms with Crippen LogP contribution in [0.5, 0.6) is 0 Å². The van der Waals surface area contributed by atoms with Crippen LogP contribution < -0.4 is 9.80 Å². The summed E-state index contributed by atoms with van der Waals surface area (Å²) in [4.78, 5) is 41.8. The average molecular weight is 427 g/mol. The minimum atomic E-state index is -1.32. The number of rotatable bonds is 5. The second-order valence-corrected chi connectivity index (χ2v) is 8.03. The molecule has 0 aliphatic carbocycles. The van der Waals surface area contributed by atoms with Gasteiger partial charge in [0.2, 0.25) is 6.54 Å². The van der Waals surface area contributed by atoms with Gasteiger partial charge in [0.25, 0.3) is 11.8 Å². The van der Waals surface area contributed by atoms with Gasteiger partial charge in [0, 0.05) is 34.7 Å². The van der Waals surface area contributed by atoms with Crippen LogP contribution in [0.4, 0.5) is 11.4 Å². The molecule has 0 aromatic heterocycles. The lowest BCUT2D eigenvalue weighted by Crippen LogP contribution is -2.55. The van der Waals surface area contributed by atoms with Gasteiger partial charge in [-0.05, 0) is 36.2 Å². The number of imide groups is 1. The number of para-hydroxylation sites is 2. The fraction of sp³-hybridized carbons (Fsp3) is 0.200. The monoisotopic (exact) mass is 427 g/mol. The molecular formula is C25H21N3O4. The molecule has 0 unspecified atom stereocenters. The van der Waals surface area contributed by atoms with Gasteiger partial charge in [-0.3, -0.25) is 19.7 Å². The van der Waals surface area contributed by atoms with Gasteiger partial charge in [0.15, 0.2) is 5.54 Å². The fourth-order valence-electron chi connectivity index (χ4n) is 4.96. The standard InChI is InChI=1S/C25H21N3O4/c29-23(19-9-2-1-3-10-19)28-22-13-7-5-11-20(22)25(24(28)30,15-17-27(31)32)26-16-14-18-8-4-6-12-21(18)26/h1-13H,14-17H2/t25-/m1/s1. The van der Waals surface area contributed by atoms with Gasteiger partial charge in [-0.2, -0.15) is 0 Å². The number of amides is 2. The molecule has 32 heavy (non-hydrogen) atoms. The fourth-order valence-corrected chi connectivity index (χ4v) is 4.96. The summed E-state index contributed by atoms with van der Waals surface area (Å²) in [5.74, 6) is -0.871. The summed E-state index contributed by atoms with van der Waals surface area (Å²) >= 11 is 0. The van der Waals surface area contributed by atoms with Crippen molar-refractivity contribution in [2.24, 2.45) is 0 Å². The van der Waals surface area contributed by atoms with E-state index in [-0.39, 0.29) is 13.0 Å². The third kappa shape index (κ3) is 2.89. The van der Waals surface area contributed by atoms with Gasteiger partial charge >= 0.3 is 0 Å². The molecule has 2 amide bonds. The normalized spacial score (nSPS) is 19.1. The lowest BCUT2D eigenvalue weighted by atomic mass is 9.85. The highest BCUT2D eigenvalue weighted by Crippen LogP contribution is 2.50. The van der Waals surface area contributed by atoms with Crippen molar-refractivity contribution in [2.45, 2.75) is 18.4 Å². The number of hydrogen-bond acceptors (Lipinski definition) is 5. The van der Waals surface area contributed by atoms with Crippen LogP contribution >= 0.6 is 0 Å². The van der Waals surface area contributed by atoms with Crippen LogP contribution in [0.25, 0.3) is 0 Å². The van der Waals surface area contributed by atoms with E-state index in [2.05, 4.69) is 0 Å². The van der Waals surface area contributed by atoms with Crippen LogP contribution in [-0.4, -0.2) is 29.8 Å². The van der Waals surface area contributed by atoms with Gasteiger partial charge in [-0.15, -0.1) is 0 Å². The minimum absolute atomic E-state index is 0.0250. The predicted molar refractivity (Wildman–Crippen MR) is 120 cm³/mol. The van der Waals surface area contributed by atoms with E-state index in [1.807, 2.05) is 41.3 Å². The molecule has 5 rings (SSSR count). The van der Waals surface area contributed by atoms with Crippen molar-refractivity contribution < 1.29 is 14.5 Å². The van der Waals surface area contributed by atoms with Gasteiger partial charge in [0.1, 0.15) is 0 Å². The topological polar surface area (TPSA) is 83.8 Å². The van der Waals surface area contributed by atoms with Crippen LogP contribution in [0.1, 0.15) is 27.9 Å². The summed E-state index contributed by atoms with van der Waals surface area (Å²) in [6.45, 7) is 0.163. The zero-order valence-electron chi connectivity index (χ0n) is 17.3. The van der Waals surface area contributed by atoms with Crippen molar-refractivity contribution in [1.82, 2.24) is 0 Å². The quantitative estimate of drug-likeness (QED) is 0.351. The second kappa shape index (κ2) is 7.60. The summed E-state index contributed by atoms with van der Waals surface area (Å²) in [5, 5.41) is 11.4. The maximum Gasteiger partial charge on any atom is 0.265 e. The Kier molecular flexibility index (Phi) is 4.74. The number of hydrogen-bond donors (Lipinski definition) is 0. The van der Waals surface area contributed by atoms with Crippen LogP contribution in [-0.2, 0) is 16.8 Å². The smallest absolute Gasteiger partial charge is 0.265 e. The molecular weight excluding hydrogens is 406 g/mol. The van der Waals surface area contributed by atoms with Crippen LogP contribution in [0.15, 0.2) is 78.9 Å². The Morgan fingerprint density at radius 3 is 2.34 bits per heavy atom. The molecule has 0 saturated heterocycles. The van der Waals surface area contributed by atoms with Crippen molar-refractivity contribution in [1.29, 1.82) is 0 Å². The summed E-state index contributed by atoms with van der Waals surface area (Å²) in [5.41, 5.74) is 2.16. The molecule has 7 heteroatoms. The van der Waals surface area contributed by atoms with Gasteiger partial charge < -0.3 is 4.90 Å². The first-order valence-electron chi connectivity index (χ1n) is 10.5. The first kappa shape index (κ1) is 19.9. The number of carbonyl (C=O) groups excluding carboxylic acids is 2. The Morgan fingerprint density at radius 2 is 1.59 bits per heavy atom. The molecule has 1 atom stereocenters. The van der Waals surface area contributed by atoms with E-state index in [1.54, 1.807) is 42.5 Å². The molecule has 7 nitrogen and oxygen atoms in total. The molecule has 2 aliphatic heterocycles. The Bertz CT molecular complexity index is 1230. The van der Waals surface area contributed by atoms with E-state index in [9.17, 15) is 19.7 Å². The maximum absolute atomic E-state index is 14.1. The second-order valence-electron chi connectivity index (χ2n) is 8.03. The van der Waals surface area contributed by atoms with E-state index >= 15 is 0 Å².